The van der Waals surface area contributed by atoms with Crippen molar-refractivity contribution in [1.29, 1.82) is 0 Å². The summed E-state index contributed by atoms with van der Waals surface area (Å²) in [7, 11) is -3.71. The number of hydrogen-bond donors (Lipinski definition) is 2. The highest BCUT2D eigenvalue weighted by Crippen LogP contribution is 2.15. The minimum absolute atomic E-state index is 0.0741. The van der Waals surface area contributed by atoms with Crippen molar-refractivity contribution in [2.75, 3.05) is 10.5 Å². The van der Waals surface area contributed by atoms with Crippen molar-refractivity contribution in [3.8, 4) is 0 Å². The Morgan fingerprint density at radius 1 is 1.19 bits per heavy atom. The third-order valence-electron chi connectivity index (χ3n) is 2.75. The summed E-state index contributed by atoms with van der Waals surface area (Å²) in [6.07, 6.45) is 2.31. The molecule has 0 spiro atoms. The number of nitrogens with one attached hydrogen (secondary N) is 1. The number of anilines is 2. The van der Waals surface area contributed by atoms with Crippen LogP contribution in [-0.4, -0.2) is 18.4 Å². The highest BCUT2D eigenvalue weighted by molar-refractivity contribution is 7.92. The summed E-state index contributed by atoms with van der Waals surface area (Å²) in [6.45, 7) is 4.14. The molecule has 0 bridgehead atoms. The fourth-order valence-corrected chi connectivity index (χ4v) is 2.75. The highest BCUT2D eigenvalue weighted by Gasteiger charge is 2.15. The van der Waals surface area contributed by atoms with Gasteiger partial charge in [0.1, 0.15) is 0 Å². The van der Waals surface area contributed by atoms with Gasteiger partial charge >= 0.3 is 0 Å². The van der Waals surface area contributed by atoms with Crippen LogP contribution in [-0.2, 0) is 16.4 Å². The van der Waals surface area contributed by atoms with Gasteiger partial charge in [0.2, 0.25) is 5.95 Å². The van der Waals surface area contributed by atoms with Crippen LogP contribution in [0.2, 0.25) is 0 Å². The number of nitrogens with zero attached hydrogens (tertiary/aromatic N) is 2. The molecule has 0 amide bonds. The summed E-state index contributed by atoms with van der Waals surface area (Å²) in [4.78, 5) is 8.28. The Balaban J connectivity index is 2.22. The molecule has 0 atom stereocenters. The largest absolute Gasteiger partial charge is 0.399 e. The standard InChI is InChI=1S/C14H18N4O2S/c1-10(2)9-12-7-8-16-14(17-12)18-21(19,20)13-5-3-11(15)4-6-13/h3-8,10H,9,15H2,1-2H3,(H,16,17,18). The third-order valence-corrected chi connectivity index (χ3v) is 4.09. The van der Waals surface area contributed by atoms with E-state index >= 15 is 0 Å². The van der Waals surface area contributed by atoms with Crippen LogP contribution in [0.15, 0.2) is 41.4 Å². The Morgan fingerprint density at radius 2 is 1.86 bits per heavy atom. The van der Waals surface area contributed by atoms with Crippen LogP contribution in [0.5, 0.6) is 0 Å². The zero-order valence-electron chi connectivity index (χ0n) is 11.9. The number of rotatable bonds is 5. The molecular weight excluding hydrogens is 288 g/mol. The Hall–Kier alpha value is -2.15. The number of hydrogen-bond acceptors (Lipinski definition) is 5. The maximum absolute atomic E-state index is 12.2. The molecule has 1 heterocycles. The Bertz CT molecular complexity index is 712. The predicted molar refractivity (Wildman–Crippen MR) is 82.2 cm³/mol. The molecule has 21 heavy (non-hydrogen) atoms. The van der Waals surface area contributed by atoms with Gasteiger partial charge in [0.05, 0.1) is 4.90 Å². The molecule has 2 rings (SSSR count). The van der Waals surface area contributed by atoms with E-state index in [2.05, 4.69) is 28.5 Å². The van der Waals surface area contributed by atoms with Gasteiger partial charge in [-0.05, 0) is 42.7 Å². The molecule has 0 unspecified atom stereocenters. The lowest BCUT2D eigenvalue weighted by atomic mass is 10.1. The van der Waals surface area contributed by atoms with Gasteiger partial charge in [-0.1, -0.05) is 13.8 Å². The van der Waals surface area contributed by atoms with E-state index in [1.165, 1.54) is 24.3 Å². The van der Waals surface area contributed by atoms with Gasteiger partial charge < -0.3 is 5.73 Å². The molecule has 1 aromatic heterocycles. The van der Waals surface area contributed by atoms with Crippen molar-refractivity contribution >= 4 is 21.7 Å². The molecule has 1 aromatic carbocycles. The minimum atomic E-state index is -3.71. The maximum Gasteiger partial charge on any atom is 0.264 e. The zero-order chi connectivity index (χ0) is 15.5. The van der Waals surface area contributed by atoms with Crippen molar-refractivity contribution in [2.24, 2.45) is 5.92 Å². The number of nitrogens with two attached hydrogens (primary N) is 1. The lowest BCUT2D eigenvalue weighted by Crippen LogP contribution is -2.15. The van der Waals surface area contributed by atoms with E-state index in [0.717, 1.165) is 12.1 Å². The van der Waals surface area contributed by atoms with E-state index in [0.29, 0.717) is 11.6 Å². The Morgan fingerprint density at radius 3 is 2.48 bits per heavy atom. The van der Waals surface area contributed by atoms with Gasteiger partial charge in [0.15, 0.2) is 0 Å². The smallest absolute Gasteiger partial charge is 0.264 e. The highest BCUT2D eigenvalue weighted by atomic mass is 32.2. The molecule has 6 nitrogen and oxygen atoms in total. The SMILES string of the molecule is CC(C)Cc1ccnc(NS(=O)(=O)c2ccc(N)cc2)n1. The van der Waals surface area contributed by atoms with Crippen LogP contribution < -0.4 is 10.5 Å². The summed E-state index contributed by atoms with van der Waals surface area (Å²) in [6, 6.07) is 7.72. The van der Waals surface area contributed by atoms with Crippen LogP contribution in [0.25, 0.3) is 0 Å². The molecule has 3 N–H and O–H groups in total. The quantitative estimate of drug-likeness (QED) is 0.824. The molecule has 0 fully saturated rings. The number of aromatic nitrogens is 2. The van der Waals surface area contributed by atoms with E-state index < -0.39 is 10.0 Å². The molecular formula is C14H18N4O2S. The van der Waals surface area contributed by atoms with Crippen molar-refractivity contribution < 1.29 is 8.42 Å². The second kappa shape index (κ2) is 6.09. The van der Waals surface area contributed by atoms with E-state index in [1.807, 2.05) is 0 Å². The monoisotopic (exact) mass is 306 g/mol. The van der Waals surface area contributed by atoms with Crippen LogP contribution in [0.4, 0.5) is 11.6 Å². The Labute approximate surface area is 124 Å². The lowest BCUT2D eigenvalue weighted by molar-refractivity contribution is 0.600. The second-order valence-corrected chi connectivity index (χ2v) is 6.83. The molecule has 112 valence electrons. The van der Waals surface area contributed by atoms with Gasteiger partial charge in [-0.3, -0.25) is 0 Å². The molecule has 0 saturated heterocycles. The first-order valence-electron chi connectivity index (χ1n) is 6.57. The van der Waals surface area contributed by atoms with E-state index in [-0.39, 0.29) is 10.8 Å². The lowest BCUT2D eigenvalue weighted by Gasteiger charge is -2.09. The summed E-state index contributed by atoms with van der Waals surface area (Å²) >= 11 is 0. The first-order chi connectivity index (χ1) is 9.87. The fraction of sp³-hybridized carbons (Fsp3) is 0.286. The summed E-state index contributed by atoms with van der Waals surface area (Å²) in [5.74, 6) is 0.506. The molecule has 7 heteroatoms. The van der Waals surface area contributed by atoms with Gasteiger partial charge in [-0.2, -0.15) is 0 Å². The Kier molecular flexibility index (Phi) is 4.42. The second-order valence-electron chi connectivity index (χ2n) is 5.14. The van der Waals surface area contributed by atoms with Crippen molar-refractivity contribution in [3.63, 3.8) is 0 Å². The summed E-state index contributed by atoms with van der Waals surface area (Å²) in [5, 5.41) is 0. The van der Waals surface area contributed by atoms with Gasteiger partial charge in [-0.15, -0.1) is 0 Å². The van der Waals surface area contributed by atoms with Crippen LogP contribution in [0, 0.1) is 5.92 Å². The average Bonchev–Trinajstić information content (AvgIpc) is 2.38. The normalized spacial score (nSPS) is 11.6. The summed E-state index contributed by atoms with van der Waals surface area (Å²) < 4.78 is 26.8. The van der Waals surface area contributed by atoms with E-state index in [1.54, 1.807) is 12.3 Å². The zero-order valence-corrected chi connectivity index (χ0v) is 12.8. The van der Waals surface area contributed by atoms with Gasteiger partial charge in [0.25, 0.3) is 10.0 Å². The van der Waals surface area contributed by atoms with Crippen molar-refractivity contribution in [2.45, 2.75) is 25.2 Å². The number of sulfonamides is 1. The van der Waals surface area contributed by atoms with E-state index in [9.17, 15) is 8.42 Å². The summed E-state index contributed by atoms with van der Waals surface area (Å²) in [5.41, 5.74) is 6.85. The van der Waals surface area contributed by atoms with Gasteiger partial charge in [0, 0.05) is 17.6 Å². The molecule has 2 aromatic rings. The molecule has 0 aliphatic carbocycles. The molecule has 0 aliphatic rings. The van der Waals surface area contributed by atoms with E-state index in [4.69, 9.17) is 5.73 Å². The first-order valence-corrected chi connectivity index (χ1v) is 8.05. The van der Waals surface area contributed by atoms with Gasteiger partial charge in [-0.25, -0.2) is 23.1 Å². The van der Waals surface area contributed by atoms with Crippen molar-refractivity contribution in [1.82, 2.24) is 9.97 Å². The average molecular weight is 306 g/mol. The molecule has 0 radical (unpaired) electrons. The van der Waals surface area contributed by atoms with Crippen LogP contribution in [0.3, 0.4) is 0 Å². The topological polar surface area (TPSA) is 98.0 Å². The van der Waals surface area contributed by atoms with Crippen molar-refractivity contribution in [3.05, 3.63) is 42.2 Å². The minimum Gasteiger partial charge on any atom is -0.399 e. The maximum atomic E-state index is 12.2. The van der Waals surface area contributed by atoms with Crippen LogP contribution >= 0.6 is 0 Å². The molecule has 0 saturated carbocycles. The predicted octanol–water partition coefficient (Wildman–Crippen LogP) is 2.06. The number of nitrogen functional groups attached to an aromatic ring is 1. The van der Waals surface area contributed by atoms with Crippen LogP contribution in [0.1, 0.15) is 19.5 Å². The number of benzene rings is 1. The fourth-order valence-electron chi connectivity index (χ4n) is 1.80. The third kappa shape index (κ3) is 4.16. The molecule has 0 aliphatic heterocycles. The first kappa shape index (κ1) is 15.2.